The van der Waals surface area contributed by atoms with Crippen LogP contribution in [0.2, 0.25) is 0 Å². The van der Waals surface area contributed by atoms with E-state index in [0.717, 1.165) is 5.75 Å². The Morgan fingerprint density at radius 2 is 1.78 bits per heavy atom. The number of ether oxygens (including phenoxy) is 1. The molecule has 0 atom stereocenters. The summed E-state index contributed by atoms with van der Waals surface area (Å²) >= 11 is 0. The Morgan fingerprint density at radius 3 is 2.28 bits per heavy atom. The van der Waals surface area contributed by atoms with Crippen LogP contribution in [0.3, 0.4) is 0 Å². The molecule has 0 unspecified atom stereocenters. The van der Waals surface area contributed by atoms with Gasteiger partial charge >= 0.3 is 0 Å². The van der Waals surface area contributed by atoms with Crippen LogP contribution in [0.15, 0.2) is 36.4 Å². The van der Waals surface area contributed by atoms with E-state index < -0.39 is 0 Å². The van der Waals surface area contributed by atoms with E-state index >= 15 is 0 Å². The highest BCUT2D eigenvalue weighted by Gasteiger charge is 2.03. The fraction of sp³-hybridized carbons (Fsp3) is 0.286. The van der Waals surface area contributed by atoms with E-state index in [0.29, 0.717) is 5.69 Å². The molecule has 4 nitrogen and oxygen atoms in total. The predicted octanol–water partition coefficient (Wildman–Crippen LogP) is 2.42. The molecule has 0 spiro atoms. The minimum atomic E-state index is -0.325. The molecule has 1 aromatic carbocycles. The van der Waals surface area contributed by atoms with Gasteiger partial charge in [-0.1, -0.05) is 13.8 Å². The van der Waals surface area contributed by atoms with Gasteiger partial charge in [-0.25, -0.2) is 0 Å². The molecule has 0 radical (unpaired) electrons. The van der Waals surface area contributed by atoms with Gasteiger partial charge in [0.1, 0.15) is 5.75 Å². The van der Waals surface area contributed by atoms with Crippen molar-refractivity contribution in [3.05, 3.63) is 36.4 Å². The summed E-state index contributed by atoms with van der Waals surface area (Å²) in [6, 6.07) is 6.96. The number of allylic oxidation sites excluding steroid dienone is 1. The van der Waals surface area contributed by atoms with Crippen LogP contribution in [0.25, 0.3) is 0 Å². The Kier molecular flexibility index (Phi) is 5.11. The highest BCUT2D eigenvalue weighted by molar-refractivity contribution is 6.04. The molecule has 0 bridgehead atoms. The van der Waals surface area contributed by atoms with Crippen molar-refractivity contribution in [1.29, 1.82) is 0 Å². The lowest BCUT2D eigenvalue weighted by Gasteiger charge is -2.03. The molecule has 0 fully saturated rings. The van der Waals surface area contributed by atoms with Crippen molar-refractivity contribution in [3.8, 4) is 5.75 Å². The molecular formula is C14H17NO3. The van der Waals surface area contributed by atoms with E-state index in [9.17, 15) is 9.59 Å². The molecule has 1 aromatic rings. The Bertz CT molecular complexity index is 447. The number of nitrogens with one attached hydrogen (secondary N) is 1. The Hall–Kier alpha value is -2.10. The van der Waals surface area contributed by atoms with Crippen LogP contribution >= 0.6 is 0 Å². The topological polar surface area (TPSA) is 55.4 Å². The summed E-state index contributed by atoms with van der Waals surface area (Å²) in [6.45, 7) is 3.57. The maximum atomic E-state index is 11.5. The third kappa shape index (κ3) is 4.41. The molecular weight excluding hydrogens is 230 g/mol. The van der Waals surface area contributed by atoms with E-state index in [4.69, 9.17) is 4.74 Å². The van der Waals surface area contributed by atoms with Gasteiger partial charge in [0, 0.05) is 17.7 Å². The van der Waals surface area contributed by atoms with Crippen LogP contribution in [0.4, 0.5) is 5.69 Å². The number of carbonyl (C=O) groups is 2. The summed E-state index contributed by atoms with van der Waals surface area (Å²) in [5.74, 6) is 0.225. The van der Waals surface area contributed by atoms with Crippen molar-refractivity contribution >= 4 is 17.4 Å². The van der Waals surface area contributed by atoms with Crippen LogP contribution in [0.5, 0.6) is 5.75 Å². The molecule has 1 amide bonds. The number of amides is 1. The molecule has 0 saturated heterocycles. The second-order valence-corrected chi connectivity index (χ2v) is 4.11. The van der Waals surface area contributed by atoms with Crippen molar-refractivity contribution < 1.29 is 14.3 Å². The lowest BCUT2D eigenvalue weighted by atomic mass is 10.1. The molecule has 96 valence electrons. The average molecular weight is 247 g/mol. The van der Waals surface area contributed by atoms with Gasteiger partial charge in [0.15, 0.2) is 5.78 Å². The average Bonchev–Trinajstić information content (AvgIpc) is 2.36. The van der Waals surface area contributed by atoms with Crippen LogP contribution in [-0.2, 0) is 9.59 Å². The maximum absolute atomic E-state index is 11.5. The molecule has 0 aliphatic heterocycles. The Labute approximate surface area is 107 Å². The summed E-state index contributed by atoms with van der Waals surface area (Å²) in [5.41, 5.74) is 0.655. The molecule has 0 aromatic heterocycles. The minimum Gasteiger partial charge on any atom is -0.497 e. The van der Waals surface area contributed by atoms with E-state index in [1.165, 1.54) is 12.2 Å². The number of carbonyl (C=O) groups excluding carboxylic acids is 2. The monoisotopic (exact) mass is 247 g/mol. The van der Waals surface area contributed by atoms with Crippen LogP contribution in [-0.4, -0.2) is 18.8 Å². The number of hydrogen-bond acceptors (Lipinski definition) is 3. The number of hydrogen-bond donors (Lipinski definition) is 1. The van der Waals surface area contributed by atoms with Crippen molar-refractivity contribution in [1.82, 2.24) is 0 Å². The van der Waals surface area contributed by atoms with Crippen molar-refractivity contribution in [2.24, 2.45) is 5.92 Å². The molecule has 1 rings (SSSR count). The van der Waals surface area contributed by atoms with Crippen molar-refractivity contribution in [3.63, 3.8) is 0 Å². The normalized spacial score (nSPS) is 10.7. The lowest BCUT2D eigenvalue weighted by Crippen LogP contribution is -2.10. The lowest BCUT2D eigenvalue weighted by molar-refractivity contribution is -0.118. The smallest absolute Gasteiger partial charge is 0.248 e. The number of methoxy groups -OCH3 is 1. The van der Waals surface area contributed by atoms with Crippen LogP contribution in [0.1, 0.15) is 13.8 Å². The second kappa shape index (κ2) is 6.59. The molecule has 1 N–H and O–H groups in total. The Balaban J connectivity index is 2.56. The largest absolute Gasteiger partial charge is 0.497 e. The first kappa shape index (κ1) is 14.0. The SMILES string of the molecule is COc1ccc(NC(=O)/C=C/C(=O)C(C)C)cc1. The van der Waals surface area contributed by atoms with Gasteiger partial charge in [0.05, 0.1) is 7.11 Å². The predicted molar refractivity (Wildman–Crippen MR) is 70.6 cm³/mol. The fourth-order valence-electron chi connectivity index (χ4n) is 1.21. The summed E-state index contributed by atoms with van der Waals surface area (Å²) in [4.78, 5) is 22.8. The fourth-order valence-corrected chi connectivity index (χ4v) is 1.21. The first-order valence-electron chi connectivity index (χ1n) is 5.70. The highest BCUT2D eigenvalue weighted by Crippen LogP contribution is 2.14. The first-order chi connectivity index (χ1) is 8.52. The molecule has 18 heavy (non-hydrogen) atoms. The number of anilines is 1. The van der Waals surface area contributed by atoms with Crippen molar-refractivity contribution in [2.75, 3.05) is 12.4 Å². The second-order valence-electron chi connectivity index (χ2n) is 4.11. The maximum Gasteiger partial charge on any atom is 0.248 e. The van der Waals surface area contributed by atoms with Gasteiger partial charge in [-0.05, 0) is 30.3 Å². The number of benzene rings is 1. The summed E-state index contributed by atoms with van der Waals surface area (Å²) in [7, 11) is 1.58. The molecule has 0 heterocycles. The molecule has 0 saturated carbocycles. The zero-order valence-electron chi connectivity index (χ0n) is 10.8. The number of ketones is 1. The zero-order valence-corrected chi connectivity index (χ0v) is 10.8. The third-order valence-electron chi connectivity index (χ3n) is 2.33. The first-order valence-corrected chi connectivity index (χ1v) is 5.70. The molecule has 4 heteroatoms. The van der Waals surface area contributed by atoms with Gasteiger partial charge in [-0.3, -0.25) is 9.59 Å². The summed E-state index contributed by atoms with van der Waals surface area (Å²) in [5, 5.41) is 2.65. The van der Waals surface area contributed by atoms with E-state index in [1.54, 1.807) is 45.2 Å². The summed E-state index contributed by atoms with van der Waals surface area (Å²) in [6.07, 6.45) is 2.54. The zero-order chi connectivity index (χ0) is 13.5. The highest BCUT2D eigenvalue weighted by atomic mass is 16.5. The van der Waals surface area contributed by atoms with Crippen LogP contribution < -0.4 is 10.1 Å². The van der Waals surface area contributed by atoms with Crippen LogP contribution in [0, 0.1) is 5.92 Å². The van der Waals surface area contributed by atoms with Crippen molar-refractivity contribution in [2.45, 2.75) is 13.8 Å². The third-order valence-corrected chi connectivity index (χ3v) is 2.33. The van der Waals surface area contributed by atoms with Gasteiger partial charge in [0.25, 0.3) is 0 Å². The standard InChI is InChI=1S/C14H17NO3/c1-10(2)13(16)8-9-14(17)15-11-4-6-12(18-3)7-5-11/h4-10H,1-3H3,(H,15,17)/b9-8+. The molecule has 0 aliphatic carbocycles. The Morgan fingerprint density at radius 1 is 1.17 bits per heavy atom. The molecule has 0 aliphatic rings. The van der Waals surface area contributed by atoms with E-state index in [1.807, 2.05) is 0 Å². The summed E-state index contributed by atoms with van der Waals surface area (Å²) < 4.78 is 5.01. The van der Waals surface area contributed by atoms with Gasteiger partial charge in [-0.2, -0.15) is 0 Å². The van der Waals surface area contributed by atoms with E-state index in [-0.39, 0.29) is 17.6 Å². The van der Waals surface area contributed by atoms with Gasteiger partial charge < -0.3 is 10.1 Å². The number of rotatable bonds is 5. The van der Waals surface area contributed by atoms with E-state index in [2.05, 4.69) is 5.32 Å². The minimum absolute atomic E-state index is 0.0696. The quantitative estimate of drug-likeness (QED) is 0.813. The van der Waals surface area contributed by atoms with Gasteiger partial charge in [-0.15, -0.1) is 0 Å². The van der Waals surface area contributed by atoms with Gasteiger partial charge in [0.2, 0.25) is 5.91 Å².